The second-order valence-electron chi connectivity index (χ2n) is 5.86. The fraction of sp³-hybridized carbons (Fsp3) is 0.300. The molecule has 1 amide bonds. The number of carbonyl (C=O) groups excluding carboxylic acids is 2. The summed E-state index contributed by atoms with van der Waals surface area (Å²) >= 11 is 0. The van der Waals surface area contributed by atoms with E-state index in [1.165, 1.54) is 33.5 Å². The van der Waals surface area contributed by atoms with Crippen LogP contribution in [0.25, 0.3) is 0 Å². The normalized spacial score (nSPS) is 10.1. The quantitative estimate of drug-likeness (QED) is 0.751. The molecule has 0 aliphatic heterocycles. The van der Waals surface area contributed by atoms with Crippen molar-refractivity contribution in [3.63, 3.8) is 0 Å². The van der Waals surface area contributed by atoms with E-state index in [1.54, 1.807) is 0 Å². The van der Waals surface area contributed by atoms with Crippen molar-refractivity contribution >= 4 is 17.6 Å². The van der Waals surface area contributed by atoms with E-state index in [0.717, 1.165) is 11.1 Å². The minimum atomic E-state index is -0.676. The number of benzene rings is 2. The van der Waals surface area contributed by atoms with E-state index >= 15 is 0 Å². The van der Waals surface area contributed by atoms with Gasteiger partial charge in [0.25, 0.3) is 5.91 Å². The molecule has 2 aromatic rings. The molecule has 27 heavy (non-hydrogen) atoms. The molecule has 1 N–H and O–H groups in total. The number of hydrogen-bond donors (Lipinski definition) is 1. The van der Waals surface area contributed by atoms with Crippen molar-refractivity contribution in [1.82, 2.24) is 0 Å². The van der Waals surface area contributed by atoms with Gasteiger partial charge in [-0.15, -0.1) is 0 Å². The lowest BCUT2D eigenvalue weighted by Crippen LogP contribution is -2.21. The minimum Gasteiger partial charge on any atom is -0.493 e. The van der Waals surface area contributed by atoms with Crippen LogP contribution < -0.4 is 19.5 Å². The van der Waals surface area contributed by atoms with Gasteiger partial charge in [0.15, 0.2) is 18.1 Å². The number of carbonyl (C=O) groups is 2. The molecule has 0 saturated heterocycles. The van der Waals surface area contributed by atoms with Gasteiger partial charge in [-0.3, -0.25) is 4.79 Å². The van der Waals surface area contributed by atoms with Gasteiger partial charge in [-0.2, -0.15) is 0 Å². The van der Waals surface area contributed by atoms with Gasteiger partial charge in [0.1, 0.15) is 0 Å². The number of methoxy groups -OCH3 is 3. The molecular weight excluding hydrogens is 350 g/mol. The van der Waals surface area contributed by atoms with Crippen LogP contribution in [0.2, 0.25) is 0 Å². The van der Waals surface area contributed by atoms with Crippen molar-refractivity contribution in [2.75, 3.05) is 33.3 Å². The molecule has 0 atom stereocenters. The Labute approximate surface area is 158 Å². The van der Waals surface area contributed by atoms with E-state index in [2.05, 4.69) is 5.32 Å². The monoisotopic (exact) mass is 373 g/mol. The number of rotatable bonds is 7. The standard InChI is InChI=1S/C20H23NO6/c1-12-6-7-15(13(2)8-12)21-18(22)11-27-20(23)14-9-16(24-3)19(26-5)17(10-14)25-4/h6-10H,11H2,1-5H3,(H,21,22). The van der Waals surface area contributed by atoms with Crippen LogP contribution in [0, 0.1) is 13.8 Å². The molecular formula is C20H23NO6. The fourth-order valence-electron chi connectivity index (χ4n) is 2.55. The second kappa shape index (κ2) is 8.93. The van der Waals surface area contributed by atoms with Crippen LogP contribution in [-0.4, -0.2) is 39.8 Å². The number of amides is 1. The maximum Gasteiger partial charge on any atom is 0.338 e. The molecule has 0 aliphatic carbocycles. The molecule has 0 radical (unpaired) electrons. The van der Waals surface area contributed by atoms with Gasteiger partial charge in [0.2, 0.25) is 5.75 Å². The summed E-state index contributed by atoms with van der Waals surface area (Å²) in [6.07, 6.45) is 0. The number of aryl methyl sites for hydroxylation is 2. The first-order valence-corrected chi connectivity index (χ1v) is 8.23. The first-order valence-electron chi connectivity index (χ1n) is 8.23. The summed E-state index contributed by atoms with van der Waals surface area (Å²) in [7, 11) is 4.36. The highest BCUT2D eigenvalue weighted by atomic mass is 16.5. The Balaban J connectivity index is 2.05. The van der Waals surface area contributed by atoms with Crippen LogP contribution >= 0.6 is 0 Å². The molecule has 0 unspecified atom stereocenters. The van der Waals surface area contributed by atoms with Crippen molar-refractivity contribution in [2.45, 2.75) is 13.8 Å². The van der Waals surface area contributed by atoms with Crippen LogP contribution in [0.1, 0.15) is 21.5 Å². The van der Waals surface area contributed by atoms with Crippen molar-refractivity contribution in [1.29, 1.82) is 0 Å². The molecule has 7 nitrogen and oxygen atoms in total. The zero-order chi connectivity index (χ0) is 20.0. The molecule has 0 fully saturated rings. The molecule has 7 heteroatoms. The largest absolute Gasteiger partial charge is 0.493 e. The lowest BCUT2D eigenvalue weighted by atomic mass is 10.1. The van der Waals surface area contributed by atoms with Crippen molar-refractivity contribution in [2.24, 2.45) is 0 Å². The first kappa shape index (κ1) is 20.1. The molecule has 2 aromatic carbocycles. The maximum absolute atomic E-state index is 12.3. The molecule has 0 saturated carbocycles. The van der Waals surface area contributed by atoms with Crippen LogP contribution in [-0.2, 0) is 9.53 Å². The third-order valence-electron chi connectivity index (χ3n) is 3.89. The fourth-order valence-corrected chi connectivity index (χ4v) is 2.55. The van der Waals surface area contributed by atoms with Crippen LogP contribution in [0.4, 0.5) is 5.69 Å². The Kier molecular flexibility index (Phi) is 6.65. The molecule has 0 spiro atoms. The minimum absolute atomic E-state index is 0.184. The number of nitrogens with one attached hydrogen (secondary N) is 1. The summed E-state index contributed by atoms with van der Waals surface area (Å²) in [4.78, 5) is 24.4. The summed E-state index contributed by atoms with van der Waals surface area (Å²) < 4.78 is 20.7. The van der Waals surface area contributed by atoms with Gasteiger partial charge in [0, 0.05) is 5.69 Å². The molecule has 2 rings (SSSR count). The average Bonchev–Trinajstić information content (AvgIpc) is 2.66. The summed E-state index contributed by atoms with van der Waals surface area (Å²) in [5.41, 5.74) is 2.89. The van der Waals surface area contributed by atoms with Gasteiger partial charge in [0.05, 0.1) is 26.9 Å². The number of hydrogen-bond acceptors (Lipinski definition) is 6. The molecule has 0 aliphatic rings. The van der Waals surface area contributed by atoms with Crippen LogP contribution in [0.5, 0.6) is 17.2 Å². The van der Waals surface area contributed by atoms with E-state index in [0.29, 0.717) is 22.9 Å². The highest BCUT2D eigenvalue weighted by molar-refractivity contribution is 5.96. The second-order valence-corrected chi connectivity index (χ2v) is 5.86. The molecule has 0 aromatic heterocycles. The van der Waals surface area contributed by atoms with Gasteiger partial charge in [-0.25, -0.2) is 4.79 Å². The third kappa shape index (κ3) is 4.91. The van der Waals surface area contributed by atoms with Gasteiger partial charge in [-0.05, 0) is 37.6 Å². The summed E-state index contributed by atoms with van der Waals surface area (Å²) in [6.45, 7) is 3.45. The Bertz CT molecular complexity index is 821. The lowest BCUT2D eigenvalue weighted by molar-refractivity contribution is -0.119. The lowest BCUT2D eigenvalue weighted by Gasteiger charge is -2.14. The third-order valence-corrected chi connectivity index (χ3v) is 3.89. The summed E-state index contributed by atoms with van der Waals surface area (Å²) in [6, 6.07) is 8.59. The van der Waals surface area contributed by atoms with Crippen LogP contribution in [0.3, 0.4) is 0 Å². The molecule has 144 valence electrons. The predicted octanol–water partition coefficient (Wildman–Crippen LogP) is 3.12. The van der Waals surface area contributed by atoms with Gasteiger partial charge in [-0.1, -0.05) is 17.7 Å². The first-order chi connectivity index (χ1) is 12.9. The Morgan fingerprint density at radius 2 is 1.56 bits per heavy atom. The van der Waals surface area contributed by atoms with Crippen molar-refractivity contribution in [3.8, 4) is 17.2 Å². The Morgan fingerprint density at radius 1 is 0.926 bits per heavy atom. The highest BCUT2D eigenvalue weighted by Crippen LogP contribution is 2.38. The zero-order valence-corrected chi connectivity index (χ0v) is 16.0. The predicted molar refractivity (Wildman–Crippen MR) is 101 cm³/mol. The van der Waals surface area contributed by atoms with Crippen LogP contribution in [0.15, 0.2) is 30.3 Å². The van der Waals surface area contributed by atoms with E-state index in [4.69, 9.17) is 18.9 Å². The Hall–Kier alpha value is -3.22. The topological polar surface area (TPSA) is 83.1 Å². The smallest absolute Gasteiger partial charge is 0.338 e. The Morgan fingerprint density at radius 3 is 2.07 bits per heavy atom. The van der Waals surface area contributed by atoms with Gasteiger partial charge < -0.3 is 24.3 Å². The van der Waals surface area contributed by atoms with Crippen molar-refractivity contribution in [3.05, 3.63) is 47.0 Å². The van der Waals surface area contributed by atoms with E-state index < -0.39 is 18.5 Å². The number of esters is 1. The molecule has 0 heterocycles. The summed E-state index contributed by atoms with van der Waals surface area (Å²) in [5, 5.41) is 2.72. The highest BCUT2D eigenvalue weighted by Gasteiger charge is 2.18. The molecule has 0 bridgehead atoms. The van der Waals surface area contributed by atoms with E-state index in [-0.39, 0.29) is 5.56 Å². The zero-order valence-electron chi connectivity index (χ0n) is 16.0. The van der Waals surface area contributed by atoms with E-state index in [1.807, 2.05) is 32.0 Å². The average molecular weight is 373 g/mol. The maximum atomic E-state index is 12.3. The summed E-state index contributed by atoms with van der Waals surface area (Å²) in [5.74, 6) is -0.0935. The number of anilines is 1. The van der Waals surface area contributed by atoms with Gasteiger partial charge >= 0.3 is 5.97 Å². The van der Waals surface area contributed by atoms with E-state index in [9.17, 15) is 9.59 Å². The number of ether oxygens (including phenoxy) is 4. The van der Waals surface area contributed by atoms with Crippen molar-refractivity contribution < 1.29 is 28.5 Å². The SMILES string of the molecule is COc1cc(C(=O)OCC(=O)Nc2ccc(C)cc2C)cc(OC)c1OC.